The molecule has 2 aromatic rings. The molecule has 10 heteroatoms. The first-order valence-corrected chi connectivity index (χ1v) is 13.8. The standard InChI is InChI=1S/C29H43FN4O5/c1-19(2)16-34(22-13-20(17-32(18-22)28(37)38)25(35)15-29(3,4)5)27(36)26-31-23-10-9-21(30)14-24(23)33(26)11-7-8-12-39-6/h9-10,14,19-20,22H,7-8,11-13,15-18H2,1-6H3,(H,37,38)/t20-,22+/m1/s1. The quantitative estimate of drug-likeness (QED) is 0.395. The summed E-state index contributed by atoms with van der Waals surface area (Å²) in [6, 6.07) is 3.78. The number of benzene rings is 1. The predicted molar refractivity (Wildman–Crippen MR) is 147 cm³/mol. The van der Waals surface area contributed by atoms with Crippen molar-refractivity contribution >= 4 is 28.8 Å². The number of hydrogen-bond acceptors (Lipinski definition) is 5. The molecule has 0 saturated carbocycles. The minimum Gasteiger partial charge on any atom is -0.465 e. The van der Waals surface area contributed by atoms with E-state index in [1.807, 2.05) is 34.6 Å². The Balaban J connectivity index is 2.00. The number of piperidine rings is 1. The van der Waals surface area contributed by atoms with Gasteiger partial charge < -0.3 is 24.2 Å². The normalized spacial score (nSPS) is 18.1. The Morgan fingerprint density at radius 3 is 2.54 bits per heavy atom. The molecule has 9 nitrogen and oxygen atoms in total. The van der Waals surface area contributed by atoms with Gasteiger partial charge >= 0.3 is 6.09 Å². The average molecular weight is 547 g/mol. The molecule has 0 aliphatic carbocycles. The van der Waals surface area contributed by atoms with E-state index in [0.29, 0.717) is 50.0 Å². The third kappa shape index (κ3) is 8.00. The number of amides is 2. The molecule has 1 N–H and O–H groups in total. The molecule has 2 amide bonds. The van der Waals surface area contributed by atoms with Gasteiger partial charge in [0.15, 0.2) is 5.82 Å². The number of halogens is 1. The molecule has 39 heavy (non-hydrogen) atoms. The van der Waals surface area contributed by atoms with Crippen molar-refractivity contribution in [2.45, 2.75) is 72.9 Å². The molecule has 3 rings (SSSR count). The van der Waals surface area contributed by atoms with E-state index in [9.17, 15) is 23.9 Å². The van der Waals surface area contributed by atoms with Gasteiger partial charge in [-0.1, -0.05) is 34.6 Å². The van der Waals surface area contributed by atoms with Crippen LogP contribution in [0.15, 0.2) is 18.2 Å². The number of ketones is 1. The molecule has 1 aliphatic heterocycles. The number of rotatable bonds is 11. The smallest absolute Gasteiger partial charge is 0.407 e. The number of Topliss-reactive ketones (excluding diaryl/α,β-unsaturated/α-hetero) is 1. The van der Waals surface area contributed by atoms with Gasteiger partial charge in [0.05, 0.1) is 17.1 Å². The summed E-state index contributed by atoms with van der Waals surface area (Å²) in [5, 5.41) is 9.86. The average Bonchev–Trinajstić information content (AvgIpc) is 3.20. The highest BCUT2D eigenvalue weighted by Gasteiger charge is 2.40. The second kappa shape index (κ2) is 12.9. The van der Waals surface area contributed by atoms with Gasteiger partial charge in [0.25, 0.3) is 5.91 Å². The third-order valence-corrected chi connectivity index (χ3v) is 7.00. The molecule has 216 valence electrons. The van der Waals surface area contributed by atoms with Crippen LogP contribution in [0.2, 0.25) is 0 Å². The molecule has 1 aromatic heterocycles. The molecule has 2 atom stereocenters. The van der Waals surface area contributed by atoms with Gasteiger partial charge in [-0.3, -0.25) is 9.59 Å². The number of carbonyl (C=O) groups excluding carboxylic acids is 2. The number of fused-ring (bicyclic) bond motifs is 1. The maximum absolute atomic E-state index is 14.2. The summed E-state index contributed by atoms with van der Waals surface area (Å²) < 4.78 is 21.1. The number of ether oxygens (including phenoxy) is 1. The molecular formula is C29H43FN4O5. The minimum atomic E-state index is -1.11. The number of hydrogen-bond donors (Lipinski definition) is 1. The molecule has 1 fully saturated rings. The van der Waals surface area contributed by atoms with Crippen molar-refractivity contribution in [3.05, 3.63) is 29.8 Å². The summed E-state index contributed by atoms with van der Waals surface area (Å²) in [6.45, 7) is 11.6. The van der Waals surface area contributed by atoms with E-state index in [-0.39, 0.29) is 41.9 Å². The fourth-order valence-electron chi connectivity index (χ4n) is 5.28. The van der Waals surface area contributed by atoms with Crippen LogP contribution in [-0.2, 0) is 16.1 Å². The van der Waals surface area contributed by atoms with Gasteiger partial charge in [0.2, 0.25) is 0 Å². The van der Waals surface area contributed by atoms with Crippen LogP contribution in [0.25, 0.3) is 11.0 Å². The van der Waals surface area contributed by atoms with E-state index >= 15 is 0 Å². The summed E-state index contributed by atoms with van der Waals surface area (Å²) in [6.07, 6.45) is 1.09. The summed E-state index contributed by atoms with van der Waals surface area (Å²) in [4.78, 5) is 47.0. The molecule has 0 bridgehead atoms. The highest BCUT2D eigenvalue weighted by atomic mass is 19.1. The topological polar surface area (TPSA) is 105 Å². The Morgan fingerprint density at radius 2 is 1.92 bits per heavy atom. The van der Waals surface area contributed by atoms with E-state index in [0.717, 1.165) is 6.42 Å². The van der Waals surface area contributed by atoms with Crippen LogP contribution in [0, 0.1) is 23.1 Å². The van der Waals surface area contributed by atoms with Crippen LogP contribution in [0.5, 0.6) is 0 Å². The Labute approximate surface area is 230 Å². The third-order valence-electron chi connectivity index (χ3n) is 7.00. The minimum absolute atomic E-state index is 0.0104. The van der Waals surface area contributed by atoms with Gasteiger partial charge in [-0.25, -0.2) is 14.2 Å². The summed E-state index contributed by atoms with van der Waals surface area (Å²) in [5.41, 5.74) is 0.827. The van der Waals surface area contributed by atoms with Crippen molar-refractivity contribution in [3.63, 3.8) is 0 Å². The maximum Gasteiger partial charge on any atom is 0.407 e. The van der Waals surface area contributed by atoms with E-state index in [1.54, 1.807) is 22.6 Å². The number of aryl methyl sites for hydroxylation is 1. The van der Waals surface area contributed by atoms with Crippen molar-refractivity contribution in [3.8, 4) is 0 Å². The fourth-order valence-corrected chi connectivity index (χ4v) is 5.28. The largest absolute Gasteiger partial charge is 0.465 e. The predicted octanol–water partition coefficient (Wildman–Crippen LogP) is 5.07. The Hall–Kier alpha value is -3.01. The van der Waals surface area contributed by atoms with Crippen LogP contribution >= 0.6 is 0 Å². The highest BCUT2D eigenvalue weighted by Crippen LogP contribution is 2.29. The van der Waals surface area contributed by atoms with Crippen LogP contribution in [-0.4, -0.2) is 81.6 Å². The lowest BCUT2D eigenvalue weighted by atomic mass is 9.81. The molecule has 0 unspecified atom stereocenters. The molecule has 2 heterocycles. The number of methoxy groups -OCH3 is 1. The fraction of sp³-hybridized carbons (Fsp3) is 0.655. The van der Waals surface area contributed by atoms with Gasteiger partial charge in [-0.05, 0) is 48.8 Å². The first-order chi connectivity index (χ1) is 18.3. The van der Waals surface area contributed by atoms with Crippen molar-refractivity contribution in [1.82, 2.24) is 19.4 Å². The number of carbonyl (C=O) groups is 3. The first-order valence-electron chi connectivity index (χ1n) is 13.8. The molecule has 1 saturated heterocycles. The Morgan fingerprint density at radius 1 is 1.21 bits per heavy atom. The maximum atomic E-state index is 14.2. The van der Waals surface area contributed by atoms with Gasteiger partial charge in [0, 0.05) is 52.2 Å². The number of unbranched alkanes of at least 4 members (excludes halogenated alkanes) is 1. The van der Waals surface area contributed by atoms with Crippen molar-refractivity contribution < 1.29 is 28.6 Å². The molecule has 0 radical (unpaired) electrons. The van der Waals surface area contributed by atoms with Crippen LogP contribution < -0.4 is 0 Å². The zero-order valence-corrected chi connectivity index (χ0v) is 24.1. The molecular weight excluding hydrogens is 503 g/mol. The van der Waals surface area contributed by atoms with Crippen molar-refractivity contribution in [1.29, 1.82) is 0 Å². The second-order valence-corrected chi connectivity index (χ2v) is 12.2. The molecule has 0 spiro atoms. The number of aromatic nitrogens is 2. The number of imidazole rings is 1. The zero-order chi connectivity index (χ0) is 28.9. The SMILES string of the molecule is COCCCCn1c(C(=O)N(CC(C)C)[C@H]2C[C@@H](C(=O)CC(C)(C)C)CN(C(=O)O)C2)nc2ccc(F)cc21. The van der Waals surface area contributed by atoms with E-state index < -0.39 is 23.9 Å². The van der Waals surface area contributed by atoms with Crippen molar-refractivity contribution in [2.75, 3.05) is 33.4 Å². The van der Waals surface area contributed by atoms with Crippen LogP contribution in [0.1, 0.15) is 70.9 Å². The Bertz CT molecular complexity index is 1170. The number of carboxylic acid groups (broad SMARTS) is 1. The number of nitrogens with zero attached hydrogens (tertiary/aromatic N) is 4. The molecule has 1 aromatic carbocycles. The highest BCUT2D eigenvalue weighted by molar-refractivity contribution is 5.95. The lowest BCUT2D eigenvalue weighted by Gasteiger charge is -2.42. The summed E-state index contributed by atoms with van der Waals surface area (Å²) in [7, 11) is 1.63. The van der Waals surface area contributed by atoms with E-state index in [2.05, 4.69) is 4.98 Å². The van der Waals surface area contributed by atoms with Gasteiger partial charge in [0.1, 0.15) is 11.6 Å². The lowest BCUT2D eigenvalue weighted by Crippen LogP contribution is -2.56. The first kappa shape index (κ1) is 30.5. The van der Waals surface area contributed by atoms with Crippen LogP contribution in [0.3, 0.4) is 0 Å². The summed E-state index contributed by atoms with van der Waals surface area (Å²) >= 11 is 0. The van der Waals surface area contributed by atoms with E-state index in [4.69, 9.17) is 4.74 Å². The lowest BCUT2D eigenvalue weighted by molar-refractivity contribution is -0.126. The second-order valence-electron chi connectivity index (χ2n) is 12.2. The summed E-state index contributed by atoms with van der Waals surface area (Å²) in [5.74, 6) is -0.956. The number of likely N-dealkylation sites (tertiary alicyclic amines) is 1. The monoisotopic (exact) mass is 546 g/mol. The molecule has 1 aliphatic rings. The van der Waals surface area contributed by atoms with Gasteiger partial charge in [-0.2, -0.15) is 0 Å². The van der Waals surface area contributed by atoms with Crippen molar-refractivity contribution in [2.24, 2.45) is 17.3 Å². The van der Waals surface area contributed by atoms with Crippen LogP contribution in [0.4, 0.5) is 9.18 Å². The van der Waals surface area contributed by atoms with Gasteiger partial charge in [-0.15, -0.1) is 0 Å². The van der Waals surface area contributed by atoms with E-state index in [1.165, 1.54) is 17.0 Å². The Kier molecular flexibility index (Phi) is 10.1. The zero-order valence-electron chi connectivity index (χ0n) is 24.1.